The maximum atomic E-state index is 12.8. The molecule has 2 heterocycles. The lowest BCUT2D eigenvalue weighted by molar-refractivity contribution is 0.224. The molecular formula is C15H22N2O4S2. The predicted molar refractivity (Wildman–Crippen MR) is 87.5 cm³/mol. The molecule has 0 bridgehead atoms. The second-order valence-electron chi connectivity index (χ2n) is 6.61. The van der Waals surface area contributed by atoms with Gasteiger partial charge in [-0.1, -0.05) is 0 Å². The maximum Gasteiger partial charge on any atom is 0.243 e. The topological polar surface area (TPSA) is 83.5 Å². The zero-order chi connectivity index (χ0) is 16.7. The Balaban J connectivity index is 1.82. The molecule has 1 spiro atoms. The van der Waals surface area contributed by atoms with Gasteiger partial charge in [0, 0.05) is 25.9 Å². The number of sulfone groups is 1. The Morgan fingerprint density at radius 1 is 1.04 bits per heavy atom. The van der Waals surface area contributed by atoms with Crippen LogP contribution in [0.15, 0.2) is 34.1 Å². The molecule has 1 atom stereocenters. The van der Waals surface area contributed by atoms with Crippen LogP contribution < -0.4 is 5.32 Å². The monoisotopic (exact) mass is 358 g/mol. The molecule has 2 aliphatic heterocycles. The van der Waals surface area contributed by atoms with E-state index in [4.69, 9.17) is 0 Å². The van der Waals surface area contributed by atoms with E-state index in [1.165, 1.54) is 28.6 Å². The maximum absolute atomic E-state index is 12.8. The molecule has 2 saturated heterocycles. The van der Waals surface area contributed by atoms with E-state index in [9.17, 15) is 16.8 Å². The number of sulfonamides is 1. The van der Waals surface area contributed by atoms with Gasteiger partial charge in [-0.25, -0.2) is 16.8 Å². The van der Waals surface area contributed by atoms with E-state index >= 15 is 0 Å². The van der Waals surface area contributed by atoms with Crippen LogP contribution in [-0.2, 0) is 19.9 Å². The molecule has 0 amide bonds. The second-order valence-corrected chi connectivity index (χ2v) is 10.6. The molecule has 6 nitrogen and oxygen atoms in total. The minimum atomic E-state index is -3.57. The van der Waals surface area contributed by atoms with Gasteiger partial charge in [-0.15, -0.1) is 0 Å². The van der Waals surface area contributed by atoms with Crippen molar-refractivity contribution in [1.82, 2.24) is 9.62 Å². The van der Waals surface area contributed by atoms with E-state index in [0.717, 1.165) is 38.6 Å². The number of hydrogen-bond donors (Lipinski definition) is 1. The van der Waals surface area contributed by atoms with Crippen molar-refractivity contribution in [2.45, 2.75) is 29.1 Å². The minimum Gasteiger partial charge on any atom is -0.316 e. The molecule has 1 unspecified atom stereocenters. The molecule has 1 aromatic carbocycles. The number of rotatable bonds is 3. The van der Waals surface area contributed by atoms with Crippen LogP contribution in [0.5, 0.6) is 0 Å². The van der Waals surface area contributed by atoms with Crippen molar-refractivity contribution >= 4 is 19.9 Å². The van der Waals surface area contributed by atoms with Gasteiger partial charge in [0.05, 0.1) is 9.79 Å². The summed E-state index contributed by atoms with van der Waals surface area (Å²) in [4.78, 5) is 0.288. The highest BCUT2D eigenvalue weighted by Crippen LogP contribution is 2.38. The number of piperidine rings is 1. The zero-order valence-corrected chi connectivity index (χ0v) is 14.8. The van der Waals surface area contributed by atoms with E-state index in [-0.39, 0.29) is 15.2 Å². The van der Waals surface area contributed by atoms with Crippen molar-refractivity contribution in [2.24, 2.45) is 5.41 Å². The van der Waals surface area contributed by atoms with Crippen LogP contribution in [0.1, 0.15) is 19.3 Å². The molecular weight excluding hydrogens is 336 g/mol. The summed E-state index contributed by atoms with van der Waals surface area (Å²) in [6.07, 6.45) is 4.12. The molecule has 0 saturated carbocycles. The molecule has 1 N–H and O–H groups in total. The molecule has 3 rings (SSSR count). The molecule has 0 aromatic heterocycles. The lowest BCUT2D eigenvalue weighted by Crippen LogP contribution is -2.42. The van der Waals surface area contributed by atoms with Gasteiger partial charge < -0.3 is 5.32 Å². The van der Waals surface area contributed by atoms with Gasteiger partial charge in [-0.2, -0.15) is 4.31 Å². The Labute approximate surface area is 137 Å². The highest BCUT2D eigenvalue weighted by atomic mass is 32.2. The van der Waals surface area contributed by atoms with Crippen LogP contribution in [0.3, 0.4) is 0 Å². The normalized spacial score (nSPS) is 26.7. The summed E-state index contributed by atoms with van der Waals surface area (Å²) < 4.78 is 50.1. The van der Waals surface area contributed by atoms with E-state index in [1.54, 1.807) is 0 Å². The van der Waals surface area contributed by atoms with Gasteiger partial charge in [0.25, 0.3) is 0 Å². The van der Waals surface area contributed by atoms with Crippen LogP contribution in [-0.4, -0.2) is 53.6 Å². The van der Waals surface area contributed by atoms with Crippen molar-refractivity contribution in [3.05, 3.63) is 24.3 Å². The Morgan fingerprint density at radius 2 is 1.70 bits per heavy atom. The van der Waals surface area contributed by atoms with E-state index < -0.39 is 19.9 Å². The molecule has 128 valence electrons. The molecule has 23 heavy (non-hydrogen) atoms. The number of hydrogen-bond acceptors (Lipinski definition) is 5. The average molecular weight is 358 g/mol. The fourth-order valence-corrected chi connectivity index (χ4v) is 5.67. The van der Waals surface area contributed by atoms with Gasteiger partial charge in [-0.3, -0.25) is 0 Å². The minimum absolute atomic E-state index is 0.0536. The third-order valence-electron chi connectivity index (χ3n) is 4.85. The summed E-state index contributed by atoms with van der Waals surface area (Å²) in [6.45, 7) is 2.93. The standard InChI is InChI=1S/C15H22N2O4S2/c1-22(18,19)13-3-5-14(6-4-13)23(20,21)17-10-8-15(12-17)7-2-9-16-11-15/h3-6,16H,2,7-12H2,1H3. The third kappa shape index (κ3) is 3.31. The fraction of sp³-hybridized carbons (Fsp3) is 0.600. The Hall–Kier alpha value is -0.960. The second kappa shape index (κ2) is 5.84. The highest BCUT2D eigenvalue weighted by Gasteiger charge is 2.43. The first-order valence-corrected chi connectivity index (χ1v) is 11.1. The first-order chi connectivity index (χ1) is 10.7. The van der Waals surface area contributed by atoms with Gasteiger partial charge in [0.15, 0.2) is 9.84 Å². The Kier molecular flexibility index (Phi) is 4.29. The summed E-state index contributed by atoms with van der Waals surface area (Å²) >= 11 is 0. The van der Waals surface area contributed by atoms with Crippen molar-refractivity contribution in [1.29, 1.82) is 0 Å². The van der Waals surface area contributed by atoms with E-state index in [2.05, 4.69) is 5.32 Å². The number of nitrogens with zero attached hydrogens (tertiary/aromatic N) is 1. The van der Waals surface area contributed by atoms with E-state index in [1.807, 2.05) is 0 Å². The molecule has 2 aliphatic rings. The Bertz CT molecular complexity index is 779. The van der Waals surface area contributed by atoms with Crippen LogP contribution in [0.2, 0.25) is 0 Å². The number of nitrogens with one attached hydrogen (secondary N) is 1. The molecule has 0 aliphatic carbocycles. The largest absolute Gasteiger partial charge is 0.316 e. The van der Waals surface area contributed by atoms with Crippen molar-refractivity contribution < 1.29 is 16.8 Å². The molecule has 8 heteroatoms. The highest BCUT2D eigenvalue weighted by molar-refractivity contribution is 7.90. The van der Waals surface area contributed by atoms with Gasteiger partial charge in [0.2, 0.25) is 10.0 Å². The fourth-order valence-electron chi connectivity index (χ4n) is 3.49. The van der Waals surface area contributed by atoms with Crippen LogP contribution in [0.4, 0.5) is 0 Å². The summed E-state index contributed by atoms with van der Waals surface area (Å²) in [6, 6.07) is 5.48. The first kappa shape index (κ1) is 16.9. The SMILES string of the molecule is CS(=O)(=O)c1ccc(S(=O)(=O)N2CCC3(CCCNC3)C2)cc1. The predicted octanol–water partition coefficient (Wildman–Crippen LogP) is 0.854. The van der Waals surface area contributed by atoms with E-state index in [0.29, 0.717) is 13.1 Å². The van der Waals surface area contributed by atoms with Crippen molar-refractivity contribution in [3.8, 4) is 0 Å². The van der Waals surface area contributed by atoms with Gasteiger partial charge in [0.1, 0.15) is 0 Å². The van der Waals surface area contributed by atoms with Crippen LogP contribution in [0.25, 0.3) is 0 Å². The van der Waals surface area contributed by atoms with Crippen molar-refractivity contribution in [2.75, 3.05) is 32.4 Å². The third-order valence-corrected chi connectivity index (χ3v) is 7.84. The summed E-state index contributed by atoms with van der Waals surface area (Å²) in [5.41, 5.74) is 0.0536. The van der Waals surface area contributed by atoms with Crippen LogP contribution >= 0.6 is 0 Å². The quantitative estimate of drug-likeness (QED) is 0.866. The van der Waals surface area contributed by atoms with Crippen molar-refractivity contribution in [3.63, 3.8) is 0 Å². The lowest BCUT2D eigenvalue weighted by atomic mass is 9.80. The van der Waals surface area contributed by atoms with Gasteiger partial charge in [-0.05, 0) is 55.5 Å². The number of benzene rings is 1. The van der Waals surface area contributed by atoms with Crippen LogP contribution in [0, 0.1) is 5.41 Å². The van der Waals surface area contributed by atoms with Gasteiger partial charge >= 0.3 is 0 Å². The Morgan fingerprint density at radius 3 is 2.26 bits per heavy atom. The smallest absolute Gasteiger partial charge is 0.243 e. The molecule has 0 radical (unpaired) electrons. The molecule has 1 aromatic rings. The lowest BCUT2D eigenvalue weighted by Gasteiger charge is -2.33. The summed E-state index contributed by atoms with van der Waals surface area (Å²) in [5.74, 6) is 0. The zero-order valence-electron chi connectivity index (χ0n) is 13.2. The average Bonchev–Trinajstić information content (AvgIpc) is 2.92. The molecule has 2 fully saturated rings. The first-order valence-electron chi connectivity index (χ1n) is 7.74. The summed E-state index contributed by atoms with van der Waals surface area (Å²) in [5, 5.41) is 3.37. The summed E-state index contributed by atoms with van der Waals surface area (Å²) in [7, 11) is -6.89.